The third-order valence-corrected chi connectivity index (χ3v) is 1.72. The Balaban J connectivity index is 3.25. The zero-order chi connectivity index (χ0) is 9.68. The lowest BCUT2D eigenvalue weighted by Crippen LogP contribution is -1.86. The van der Waals surface area contributed by atoms with Crippen molar-refractivity contribution in [1.29, 1.82) is 5.26 Å². The highest BCUT2D eigenvalue weighted by Gasteiger charge is 1.99. The van der Waals surface area contributed by atoms with Crippen LogP contribution >= 0.6 is 0 Å². The highest BCUT2D eigenvalue weighted by atomic mass is 16.1. The lowest BCUT2D eigenvalue weighted by atomic mass is 10.0. The maximum atomic E-state index is 10.0. The number of nitriles is 1. The number of nitrogens with zero attached hydrogens (tertiary/aromatic N) is 1. The van der Waals surface area contributed by atoms with Crippen LogP contribution in [0.3, 0.4) is 0 Å². The van der Waals surface area contributed by atoms with Gasteiger partial charge in [-0.3, -0.25) is 4.79 Å². The zero-order valence-corrected chi connectivity index (χ0v) is 7.16. The summed E-state index contributed by atoms with van der Waals surface area (Å²) < 4.78 is 0. The van der Waals surface area contributed by atoms with Crippen molar-refractivity contribution in [2.45, 2.75) is 6.92 Å². The molecule has 0 amide bonds. The van der Waals surface area contributed by atoms with Crippen molar-refractivity contribution in [3.8, 4) is 17.9 Å². The summed E-state index contributed by atoms with van der Waals surface area (Å²) in [6.45, 7) is 1.81. The molecule has 0 heterocycles. The maximum absolute atomic E-state index is 10.0. The molecule has 0 N–H and O–H groups in total. The van der Waals surface area contributed by atoms with E-state index in [0.29, 0.717) is 11.8 Å². The first-order valence-electron chi connectivity index (χ1n) is 3.74. The van der Waals surface area contributed by atoms with E-state index in [9.17, 15) is 4.79 Å². The van der Waals surface area contributed by atoms with Crippen molar-refractivity contribution >= 4 is 6.29 Å². The van der Waals surface area contributed by atoms with Crippen LogP contribution in [0, 0.1) is 30.1 Å². The smallest absolute Gasteiger partial charge is 0.193 e. The molecule has 0 aliphatic rings. The van der Waals surface area contributed by atoms with Crippen molar-refractivity contribution in [2.24, 2.45) is 0 Å². The Kier molecular flexibility index (Phi) is 2.84. The second-order valence-corrected chi connectivity index (χ2v) is 2.48. The van der Waals surface area contributed by atoms with Crippen molar-refractivity contribution in [1.82, 2.24) is 0 Å². The Morgan fingerprint density at radius 1 is 1.38 bits per heavy atom. The molecule has 1 aromatic carbocycles. The number of aldehydes is 1. The second-order valence-electron chi connectivity index (χ2n) is 2.48. The highest BCUT2D eigenvalue weighted by Crippen LogP contribution is 2.10. The van der Waals surface area contributed by atoms with Gasteiger partial charge in [-0.05, 0) is 30.5 Å². The lowest BCUT2D eigenvalue weighted by Gasteiger charge is -1.98. The molecule has 0 atom stereocenters. The molecule has 0 saturated heterocycles. The fourth-order valence-corrected chi connectivity index (χ4v) is 0.999. The van der Waals surface area contributed by atoms with Crippen molar-refractivity contribution < 1.29 is 4.79 Å². The van der Waals surface area contributed by atoms with Gasteiger partial charge in [-0.15, -0.1) is 0 Å². The van der Waals surface area contributed by atoms with Gasteiger partial charge in [0.1, 0.15) is 0 Å². The summed E-state index contributed by atoms with van der Waals surface area (Å²) in [6, 6.07) is 7.31. The summed E-state index contributed by atoms with van der Waals surface area (Å²) in [5, 5.41) is 8.70. The normalized spacial score (nSPS) is 8.00. The fraction of sp³-hybridized carbons (Fsp3) is 0.0909. The minimum absolute atomic E-state index is 0.540. The first-order valence-corrected chi connectivity index (χ1v) is 3.74. The topological polar surface area (TPSA) is 40.9 Å². The number of rotatable bonds is 0. The van der Waals surface area contributed by atoms with Crippen LogP contribution in [0.25, 0.3) is 0 Å². The Labute approximate surface area is 76.8 Å². The van der Waals surface area contributed by atoms with Crippen LogP contribution in [-0.2, 0) is 4.79 Å². The molecule has 1 aromatic rings. The monoisotopic (exact) mass is 169 g/mol. The van der Waals surface area contributed by atoms with E-state index in [0.717, 1.165) is 11.1 Å². The summed E-state index contributed by atoms with van der Waals surface area (Å²) in [4.78, 5) is 10.0. The van der Waals surface area contributed by atoms with E-state index in [-0.39, 0.29) is 0 Å². The summed E-state index contributed by atoms with van der Waals surface area (Å²) in [7, 11) is 0. The number of hydrogen-bond acceptors (Lipinski definition) is 2. The van der Waals surface area contributed by atoms with E-state index >= 15 is 0 Å². The largest absolute Gasteiger partial charge is 0.289 e. The molecule has 2 nitrogen and oxygen atoms in total. The van der Waals surface area contributed by atoms with Crippen LogP contribution in [0.2, 0.25) is 0 Å². The van der Waals surface area contributed by atoms with Crippen LogP contribution in [0.15, 0.2) is 18.2 Å². The van der Waals surface area contributed by atoms with Crippen LogP contribution in [0.5, 0.6) is 0 Å². The number of benzene rings is 1. The quantitative estimate of drug-likeness (QED) is 0.435. The third kappa shape index (κ3) is 1.95. The third-order valence-electron chi connectivity index (χ3n) is 1.72. The van der Waals surface area contributed by atoms with Gasteiger partial charge >= 0.3 is 0 Å². The molecule has 0 saturated carbocycles. The summed E-state index contributed by atoms with van der Waals surface area (Å²) >= 11 is 0. The molecule has 0 aliphatic heterocycles. The van der Waals surface area contributed by atoms with Crippen LogP contribution < -0.4 is 0 Å². The molecule has 0 spiro atoms. The van der Waals surface area contributed by atoms with E-state index in [1.165, 1.54) is 0 Å². The van der Waals surface area contributed by atoms with Gasteiger partial charge in [-0.25, -0.2) is 0 Å². The van der Waals surface area contributed by atoms with E-state index in [4.69, 9.17) is 5.26 Å². The molecule has 1 rings (SSSR count). The minimum Gasteiger partial charge on any atom is -0.289 e. The van der Waals surface area contributed by atoms with Gasteiger partial charge in [-0.1, -0.05) is 12.0 Å². The van der Waals surface area contributed by atoms with Gasteiger partial charge in [0.05, 0.1) is 11.6 Å². The molecule has 2 heteroatoms. The Hall–Kier alpha value is -2.06. The van der Waals surface area contributed by atoms with Gasteiger partial charge in [0, 0.05) is 5.56 Å². The van der Waals surface area contributed by atoms with Gasteiger partial charge < -0.3 is 0 Å². The molecular weight excluding hydrogens is 162 g/mol. The van der Waals surface area contributed by atoms with Gasteiger partial charge in [0.2, 0.25) is 0 Å². The molecule has 0 radical (unpaired) electrons. The van der Waals surface area contributed by atoms with E-state index in [2.05, 4.69) is 17.9 Å². The van der Waals surface area contributed by atoms with Crippen LogP contribution in [0.1, 0.15) is 16.7 Å². The molecule has 0 aromatic heterocycles. The standard InChI is InChI=1S/C11H7NO/c1-9-10(6-3-7-13)4-2-5-11(9)8-12/h2,4-5,7H,1H3. The van der Waals surface area contributed by atoms with E-state index in [1.807, 2.05) is 6.92 Å². The lowest BCUT2D eigenvalue weighted by molar-refractivity contribution is -0.103. The minimum atomic E-state index is 0.540. The SMILES string of the molecule is Cc1c(C#N)cccc1C#CC=O. The highest BCUT2D eigenvalue weighted by molar-refractivity contribution is 5.74. The molecule has 0 aliphatic carbocycles. The number of hydrogen-bond donors (Lipinski definition) is 0. The van der Waals surface area contributed by atoms with Gasteiger partial charge in [0.25, 0.3) is 0 Å². The predicted molar refractivity (Wildman–Crippen MR) is 48.8 cm³/mol. The Morgan fingerprint density at radius 2 is 2.08 bits per heavy atom. The van der Waals surface area contributed by atoms with Crippen LogP contribution in [0.4, 0.5) is 0 Å². The molecule has 0 fully saturated rings. The average molecular weight is 169 g/mol. The van der Waals surface area contributed by atoms with Crippen molar-refractivity contribution in [2.75, 3.05) is 0 Å². The number of carbonyl (C=O) groups is 1. The summed E-state index contributed by atoms with van der Waals surface area (Å²) in [5.74, 6) is 4.98. The van der Waals surface area contributed by atoms with Gasteiger partial charge in [0.15, 0.2) is 6.29 Å². The molecule has 0 unspecified atom stereocenters. The predicted octanol–water partition coefficient (Wildman–Crippen LogP) is 1.42. The zero-order valence-electron chi connectivity index (χ0n) is 7.16. The first-order chi connectivity index (χ1) is 6.29. The summed E-state index contributed by atoms with van der Waals surface area (Å²) in [6.07, 6.45) is 0.540. The average Bonchev–Trinajstić information content (AvgIpc) is 2.16. The van der Waals surface area contributed by atoms with Crippen molar-refractivity contribution in [3.63, 3.8) is 0 Å². The fourth-order valence-electron chi connectivity index (χ4n) is 0.999. The second kappa shape index (κ2) is 4.09. The molecule has 62 valence electrons. The van der Waals surface area contributed by atoms with E-state index < -0.39 is 0 Å². The Bertz CT molecular complexity index is 430. The summed E-state index contributed by atoms with van der Waals surface area (Å²) in [5.41, 5.74) is 2.14. The van der Waals surface area contributed by atoms with Crippen molar-refractivity contribution in [3.05, 3.63) is 34.9 Å². The molecule has 0 bridgehead atoms. The number of carbonyl (C=O) groups excluding carboxylic acids is 1. The van der Waals surface area contributed by atoms with Crippen LogP contribution in [-0.4, -0.2) is 6.29 Å². The first kappa shape index (κ1) is 9.03. The van der Waals surface area contributed by atoms with E-state index in [1.54, 1.807) is 18.2 Å². The molecular formula is C11H7NO. The van der Waals surface area contributed by atoms with Gasteiger partial charge in [-0.2, -0.15) is 5.26 Å². The Morgan fingerprint density at radius 3 is 2.69 bits per heavy atom. The maximum Gasteiger partial charge on any atom is 0.193 e. The molecule has 13 heavy (non-hydrogen) atoms.